The minimum atomic E-state index is -1.60. The van der Waals surface area contributed by atoms with Gasteiger partial charge in [-0.25, -0.2) is 14.1 Å². The fourth-order valence-corrected chi connectivity index (χ4v) is 3.54. The Bertz CT molecular complexity index is 1110. The van der Waals surface area contributed by atoms with Gasteiger partial charge in [-0.3, -0.25) is 24.1 Å². The molecule has 0 aliphatic carbocycles. The van der Waals surface area contributed by atoms with Gasteiger partial charge in [-0.15, -0.1) is 0 Å². The first kappa shape index (κ1) is 24.4. The van der Waals surface area contributed by atoms with E-state index >= 15 is 0 Å². The van der Waals surface area contributed by atoms with Crippen molar-refractivity contribution >= 4 is 52.4 Å². The normalized spacial score (nSPS) is 13.7. The molecule has 1 aliphatic heterocycles. The van der Waals surface area contributed by atoms with Crippen LogP contribution in [0.25, 0.3) is 0 Å². The highest BCUT2D eigenvalue weighted by atomic mass is 19.1. The number of anilines is 4. The molecular formula is C23H22FN3O7. The number of nitrogens with one attached hydrogen (secondary N) is 1. The minimum absolute atomic E-state index is 0.275. The maximum atomic E-state index is 13.2. The molecule has 1 aliphatic rings. The Morgan fingerprint density at radius 2 is 1.41 bits per heavy atom. The number of carboxylic acid groups (broad SMARTS) is 1. The van der Waals surface area contributed by atoms with Crippen LogP contribution in [0.1, 0.15) is 20.3 Å². The molecule has 2 unspecified atom stereocenters. The van der Waals surface area contributed by atoms with Gasteiger partial charge in [-0.1, -0.05) is 24.3 Å². The quantitative estimate of drug-likeness (QED) is 0.634. The van der Waals surface area contributed by atoms with Crippen molar-refractivity contribution in [3.8, 4) is 0 Å². The molecule has 34 heavy (non-hydrogen) atoms. The van der Waals surface area contributed by atoms with Gasteiger partial charge in [0.1, 0.15) is 12.7 Å². The number of hydrogen-bond acceptors (Lipinski definition) is 6. The topological polar surface area (TPSA) is 133 Å². The third-order valence-electron chi connectivity index (χ3n) is 5.09. The molecule has 0 bridgehead atoms. The monoisotopic (exact) mass is 471 g/mol. The number of ether oxygens (including phenoxy) is 1. The summed E-state index contributed by atoms with van der Waals surface area (Å²) in [6, 6.07) is 11.7. The van der Waals surface area contributed by atoms with Crippen LogP contribution in [0.4, 0.5) is 31.9 Å². The van der Waals surface area contributed by atoms with E-state index in [1.54, 1.807) is 48.5 Å². The van der Waals surface area contributed by atoms with Crippen LogP contribution < -0.4 is 15.1 Å². The Hall–Kier alpha value is -4.28. The molecule has 3 rings (SSSR count). The van der Waals surface area contributed by atoms with Crippen molar-refractivity contribution < 1.29 is 38.2 Å². The summed E-state index contributed by atoms with van der Waals surface area (Å²) < 4.78 is 18.0. The number of nitrogens with zero attached hydrogens (tertiary/aromatic N) is 2. The second kappa shape index (κ2) is 10.1. The van der Waals surface area contributed by atoms with E-state index in [0.29, 0.717) is 22.7 Å². The smallest absolute Gasteiger partial charge is 0.419 e. The van der Waals surface area contributed by atoms with Crippen molar-refractivity contribution in [2.24, 2.45) is 0 Å². The summed E-state index contributed by atoms with van der Waals surface area (Å²) >= 11 is 0. The van der Waals surface area contributed by atoms with E-state index in [9.17, 15) is 28.4 Å². The number of aliphatic carboxylic acids is 1. The summed E-state index contributed by atoms with van der Waals surface area (Å²) in [6.07, 6.45) is -3.21. The van der Waals surface area contributed by atoms with Gasteiger partial charge in [-0.2, -0.15) is 0 Å². The lowest BCUT2D eigenvalue weighted by atomic mass is 10.1. The predicted molar refractivity (Wildman–Crippen MR) is 119 cm³/mol. The Balaban J connectivity index is 1.87. The van der Waals surface area contributed by atoms with Crippen molar-refractivity contribution in [1.82, 2.24) is 5.32 Å². The molecule has 0 saturated carbocycles. The lowest BCUT2D eigenvalue weighted by Gasteiger charge is -2.37. The third-order valence-corrected chi connectivity index (χ3v) is 5.09. The predicted octanol–water partition coefficient (Wildman–Crippen LogP) is 2.85. The minimum Gasteiger partial charge on any atom is -0.481 e. The summed E-state index contributed by atoms with van der Waals surface area (Å²) in [4.78, 5) is 63.2. The van der Waals surface area contributed by atoms with Crippen LogP contribution in [0.5, 0.6) is 0 Å². The highest BCUT2D eigenvalue weighted by Crippen LogP contribution is 2.48. The standard InChI is InChI=1S/C23H22FN3O7/c1-13(22(32)25-15(11-21(30)31)20(29)12-24)34-23(33)27-18-9-5-3-7-16(18)26(14(2)28)17-8-4-6-10-19(17)27/h3-10,13,15H,11-12H2,1-2H3,(H,25,32)(H,30,31). The van der Waals surface area contributed by atoms with Gasteiger partial charge in [-0.05, 0) is 31.2 Å². The van der Waals surface area contributed by atoms with E-state index in [4.69, 9.17) is 9.84 Å². The van der Waals surface area contributed by atoms with E-state index < -0.39 is 49.0 Å². The highest BCUT2D eigenvalue weighted by Gasteiger charge is 2.36. The lowest BCUT2D eigenvalue weighted by molar-refractivity contribution is -0.141. The zero-order chi connectivity index (χ0) is 25.0. The molecule has 0 spiro atoms. The Kier molecular flexibility index (Phi) is 7.24. The number of benzene rings is 2. The van der Waals surface area contributed by atoms with Crippen molar-refractivity contribution in [2.45, 2.75) is 32.4 Å². The van der Waals surface area contributed by atoms with Crippen molar-refractivity contribution in [3.63, 3.8) is 0 Å². The van der Waals surface area contributed by atoms with Crippen molar-refractivity contribution in [3.05, 3.63) is 48.5 Å². The number of carboxylic acids is 1. The largest absolute Gasteiger partial charge is 0.481 e. The molecule has 11 heteroatoms. The number of carbonyl (C=O) groups is 5. The summed E-state index contributed by atoms with van der Waals surface area (Å²) in [6.45, 7) is 1.16. The number of rotatable bonds is 7. The van der Waals surface area contributed by atoms with Crippen LogP contribution in [0.3, 0.4) is 0 Å². The summed E-state index contributed by atoms with van der Waals surface area (Å²) in [7, 11) is 0. The number of amides is 3. The third kappa shape index (κ3) is 4.87. The highest BCUT2D eigenvalue weighted by molar-refractivity contribution is 6.14. The van der Waals surface area contributed by atoms with Crippen LogP contribution in [-0.4, -0.2) is 53.6 Å². The number of carbonyl (C=O) groups excluding carboxylic acids is 4. The van der Waals surface area contributed by atoms with Crippen LogP contribution in [-0.2, 0) is 23.9 Å². The van der Waals surface area contributed by atoms with Crippen LogP contribution in [0.15, 0.2) is 48.5 Å². The van der Waals surface area contributed by atoms with Crippen LogP contribution in [0, 0.1) is 0 Å². The number of hydrogen-bond donors (Lipinski definition) is 2. The summed E-state index contributed by atoms with van der Waals surface area (Å²) in [5, 5.41) is 11.0. The van der Waals surface area contributed by atoms with Crippen LogP contribution >= 0.6 is 0 Å². The zero-order valence-electron chi connectivity index (χ0n) is 18.4. The number of Topliss-reactive ketones (excluding diaryl/α,β-unsaturated/α-hetero) is 1. The van der Waals surface area contributed by atoms with Crippen molar-refractivity contribution in [1.29, 1.82) is 0 Å². The van der Waals surface area contributed by atoms with E-state index in [1.165, 1.54) is 23.6 Å². The Morgan fingerprint density at radius 1 is 0.941 bits per heavy atom. The fourth-order valence-electron chi connectivity index (χ4n) is 3.54. The average molecular weight is 471 g/mol. The Labute approximate surface area is 193 Å². The molecule has 3 amide bonds. The van der Waals surface area contributed by atoms with E-state index in [-0.39, 0.29) is 5.91 Å². The number of alkyl halides is 1. The average Bonchev–Trinajstić information content (AvgIpc) is 2.80. The Morgan fingerprint density at radius 3 is 1.82 bits per heavy atom. The first-order valence-electron chi connectivity index (χ1n) is 10.3. The van der Waals surface area contributed by atoms with E-state index in [0.717, 1.165) is 0 Å². The molecule has 0 fully saturated rings. The molecule has 1 heterocycles. The molecular weight excluding hydrogens is 449 g/mol. The number of fused-ring (bicyclic) bond motifs is 2. The second-order valence-corrected chi connectivity index (χ2v) is 7.45. The summed E-state index contributed by atoms with van der Waals surface area (Å²) in [5.74, 6) is -3.77. The molecule has 0 radical (unpaired) electrons. The molecule has 178 valence electrons. The SMILES string of the molecule is CC(=O)N1c2ccccc2N(C(=O)OC(C)C(=O)NC(CC(=O)O)C(=O)CF)c2ccccc21. The van der Waals surface area contributed by atoms with Gasteiger partial charge in [0.05, 0.1) is 29.2 Å². The molecule has 2 aromatic rings. The van der Waals surface area contributed by atoms with Gasteiger partial charge >= 0.3 is 12.1 Å². The molecule has 2 aromatic carbocycles. The molecule has 0 saturated heterocycles. The maximum Gasteiger partial charge on any atom is 0.419 e. The summed E-state index contributed by atoms with van der Waals surface area (Å²) in [5.41, 5.74) is 1.53. The lowest BCUT2D eigenvalue weighted by Crippen LogP contribution is -2.48. The number of para-hydroxylation sites is 4. The number of halogens is 1. The molecule has 2 atom stereocenters. The second-order valence-electron chi connectivity index (χ2n) is 7.45. The van der Waals surface area contributed by atoms with Gasteiger partial charge in [0.15, 0.2) is 11.9 Å². The fraction of sp³-hybridized carbons (Fsp3) is 0.261. The first-order chi connectivity index (χ1) is 16.1. The number of ketones is 1. The molecule has 2 N–H and O–H groups in total. The van der Waals surface area contributed by atoms with Gasteiger partial charge in [0.25, 0.3) is 5.91 Å². The molecule has 10 nitrogen and oxygen atoms in total. The van der Waals surface area contributed by atoms with Gasteiger partial charge < -0.3 is 15.2 Å². The van der Waals surface area contributed by atoms with E-state index in [2.05, 4.69) is 5.32 Å². The zero-order valence-corrected chi connectivity index (χ0v) is 18.4. The van der Waals surface area contributed by atoms with Crippen LogP contribution in [0.2, 0.25) is 0 Å². The molecule has 0 aromatic heterocycles. The van der Waals surface area contributed by atoms with Crippen molar-refractivity contribution in [2.75, 3.05) is 16.5 Å². The van der Waals surface area contributed by atoms with Gasteiger partial charge in [0.2, 0.25) is 5.91 Å². The maximum absolute atomic E-state index is 13.2. The first-order valence-corrected chi connectivity index (χ1v) is 10.3. The van der Waals surface area contributed by atoms with Gasteiger partial charge in [0, 0.05) is 6.92 Å². The van der Waals surface area contributed by atoms with E-state index in [1.807, 2.05) is 0 Å².